The molecule has 0 radical (unpaired) electrons. The molecule has 0 aliphatic rings. The average molecular weight is 1040 g/mol. The van der Waals surface area contributed by atoms with Crippen LogP contribution in [-0.2, 0) is 33.3 Å². The summed E-state index contributed by atoms with van der Waals surface area (Å²) in [7, 11) is 5.93. The van der Waals surface area contributed by atoms with Gasteiger partial charge in [-0.1, -0.05) is 211 Å². The Bertz CT molecular complexity index is 1730. The molecule has 0 aromatic rings. The van der Waals surface area contributed by atoms with E-state index < -0.39 is 24.3 Å². The van der Waals surface area contributed by atoms with Gasteiger partial charge in [-0.2, -0.15) is 0 Å². The van der Waals surface area contributed by atoms with Gasteiger partial charge in [0.15, 0.2) is 6.10 Å². The second-order valence-electron chi connectivity index (χ2n) is 19.9. The maximum Gasteiger partial charge on any atom is 0.361 e. The molecule has 422 valence electrons. The van der Waals surface area contributed by atoms with Crippen molar-refractivity contribution in [1.29, 1.82) is 0 Å². The summed E-state index contributed by atoms with van der Waals surface area (Å²) in [6.45, 7) is 4.64. The third kappa shape index (κ3) is 56.7. The van der Waals surface area contributed by atoms with E-state index in [-0.39, 0.29) is 38.6 Å². The fraction of sp³-hybridized carbons (Fsp3) is 0.591. The van der Waals surface area contributed by atoms with Crippen molar-refractivity contribution in [2.24, 2.45) is 0 Å². The van der Waals surface area contributed by atoms with Crippen LogP contribution in [-0.4, -0.2) is 87.4 Å². The van der Waals surface area contributed by atoms with Gasteiger partial charge < -0.3 is 28.5 Å². The highest BCUT2D eigenvalue weighted by molar-refractivity contribution is 5.71. The normalized spacial score (nSPS) is 13.9. The standard InChI is InChI=1S/C66H105NO8/c1-6-8-10-12-14-16-18-20-22-24-26-28-29-30-31-32-33-34-35-37-39-41-43-45-47-49-51-53-55-57-64(69)75-62(61-74-66(65(70)71)72-59-58-67(3,4)5)60-73-63(68)56-54-52-50-48-46-44-42-40-38-36-27-25-23-21-19-17-15-13-11-9-7-2/h8,10,14,16,19-22,25-28,30-31,33-34,37-40,43,45,49,51,62,66H,6-7,9,11-13,15,17-18,23-24,29,32,35-36,41-42,44,46-48,50,52-61H2,1-5H3/p+1/b10-8-,16-14-,21-19-,22-20-,27-25-,28-26-,31-30-,34-33-,39-37-,40-38-,45-43-,51-49-. The lowest BCUT2D eigenvalue weighted by Gasteiger charge is -2.25. The lowest BCUT2D eigenvalue weighted by Crippen LogP contribution is -2.40. The van der Waals surface area contributed by atoms with E-state index in [1.807, 2.05) is 21.1 Å². The van der Waals surface area contributed by atoms with Crippen LogP contribution < -0.4 is 0 Å². The average Bonchev–Trinajstić information content (AvgIpc) is 3.38. The minimum absolute atomic E-state index is 0.165. The summed E-state index contributed by atoms with van der Waals surface area (Å²) in [6.07, 6.45) is 77.9. The second-order valence-corrected chi connectivity index (χ2v) is 19.9. The van der Waals surface area contributed by atoms with Crippen LogP contribution in [0.2, 0.25) is 0 Å². The van der Waals surface area contributed by atoms with Crippen LogP contribution in [0.4, 0.5) is 0 Å². The van der Waals surface area contributed by atoms with Gasteiger partial charge in [-0.3, -0.25) is 9.59 Å². The summed E-state index contributed by atoms with van der Waals surface area (Å²) in [5.41, 5.74) is 0. The van der Waals surface area contributed by atoms with Gasteiger partial charge in [-0.25, -0.2) is 4.79 Å². The van der Waals surface area contributed by atoms with Crippen LogP contribution in [0.25, 0.3) is 0 Å². The molecular formula is C66H106NO8+. The molecule has 0 saturated heterocycles. The Morgan fingerprint density at radius 2 is 0.773 bits per heavy atom. The first-order valence-corrected chi connectivity index (χ1v) is 29.0. The van der Waals surface area contributed by atoms with Gasteiger partial charge >= 0.3 is 17.9 Å². The van der Waals surface area contributed by atoms with Gasteiger partial charge in [0.2, 0.25) is 0 Å². The highest BCUT2D eigenvalue weighted by Crippen LogP contribution is 2.12. The molecule has 2 atom stereocenters. The Morgan fingerprint density at radius 1 is 0.413 bits per heavy atom. The number of unbranched alkanes of at least 4 members (excludes halogenated alkanes) is 12. The Kier molecular flexibility index (Phi) is 51.8. The molecule has 0 rings (SSSR count). The van der Waals surface area contributed by atoms with Crippen LogP contribution >= 0.6 is 0 Å². The number of esters is 2. The van der Waals surface area contributed by atoms with Crippen molar-refractivity contribution in [3.8, 4) is 0 Å². The topological polar surface area (TPSA) is 108 Å². The lowest BCUT2D eigenvalue weighted by atomic mass is 10.1. The first-order valence-electron chi connectivity index (χ1n) is 29.0. The van der Waals surface area contributed by atoms with Crippen LogP contribution in [0.3, 0.4) is 0 Å². The number of hydrogen-bond donors (Lipinski definition) is 1. The largest absolute Gasteiger partial charge is 0.477 e. The Balaban J connectivity index is 4.45. The summed E-state index contributed by atoms with van der Waals surface area (Å²) >= 11 is 0. The van der Waals surface area contributed by atoms with E-state index in [0.29, 0.717) is 30.3 Å². The van der Waals surface area contributed by atoms with Gasteiger partial charge in [-0.15, -0.1) is 0 Å². The van der Waals surface area contributed by atoms with Crippen molar-refractivity contribution < 1.29 is 42.9 Å². The number of hydrogen-bond acceptors (Lipinski definition) is 7. The maximum atomic E-state index is 12.9. The maximum absolute atomic E-state index is 12.9. The Hall–Kier alpha value is -4.83. The summed E-state index contributed by atoms with van der Waals surface area (Å²) in [4.78, 5) is 37.4. The van der Waals surface area contributed by atoms with Crippen molar-refractivity contribution in [3.63, 3.8) is 0 Å². The number of rotatable bonds is 51. The molecule has 0 bridgehead atoms. The monoisotopic (exact) mass is 1040 g/mol. The summed E-state index contributed by atoms with van der Waals surface area (Å²) in [5.74, 6) is -2.12. The van der Waals surface area contributed by atoms with E-state index in [9.17, 15) is 19.5 Å². The number of likely N-dealkylation sites (N-methyl/N-ethyl adjacent to an activating group) is 1. The number of allylic oxidation sites excluding steroid dienone is 24. The van der Waals surface area contributed by atoms with Crippen molar-refractivity contribution >= 4 is 17.9 Å². The van der Waals surface area contributed by atoms with E-state index in [2.05, 4.69) is 160 Å². The molecule has 2 unspecified atom stereocenters. The first kappa shape index (κ1) is 70.2. The molecule has 0 saturated carbocycles. The predicted molar refractivity (Wildman–Crippen MR) is 317 cm³/mol. The van der Waals surface area contributed by atoms with E-state index >= 15 is 0 Å². The van der Waals surface area contributed by atoms with E-state index in [0.717, 1.165) is 109 Å². The lowest BCUT2D eigenvalue weighted by molar-refractivity contribution is -0.870. The number of carbonyl (C=O) groups excluding carboxylic acids is 2. The number of carbonyl (C=O) groups is 3. The smallest absolute Gasteiger partial charge is 0.361 e. The SMILES string of the molecule is CC/C=C\C/C=C\C/C=C\C/C=C\C/C=C\C/C=C\C/C=C\C/C=C\C/C=C\CCCC(=O)OC(COC(=O)CCCCCCCC/C=C\C/C=C\C/C=C\CCCCCCC)COC(OCC[N+](C)(C)C)C(=O)O. The Labute approximate surface area is 458 Å². The van der Waals surface area contributed by atoms with E-state index in [1.54, 1.807) is 0 Å². The zero-order valence-corrected chi connectivity index (χ0v) is 47.9. The molecule has 9 heteroatoms. The molecule has 1 N–H and O–H groups in total. The van der Waals surface area contributed by atoms with Crippen molar-refractivity contribution in [2.45, 2.75) is 206 Å². The summed E-state index contributed by atoms with van der Waals surface area (Å²) in [6, 6.07) is 0. The Morgan fingerprint density at radius 3 is 1.17 bits per heavy atom. The third-order valence-electron chi connectivity index (χ3n) is 11.6. The molecule has 0 amide bonds. The minimum Gasteiger partial charge on any atom is -0.477 e. The van der Waals surface area contributed by atoms with Crippen molar-refractivity contribution in [2.75, 3.05) is 47.5 Å². The molecule has 0 aromatic heterocycles. The third-order valence-corrected chi connectivity index (χ3v) is 11.6. The molecule has 9 nitrogen and oxygen atoms in total. The van der Waals surface area contributed by atoms with Gasteiger partial charge in [0, 0.05) is 12.8 Å². The van der Waals surface area contributed by atoms with Gasteiger partial charge in [0.05, 0.1) is 34.4 Å². The van der Waals surface area contributed by atoms with Crippen LogP contribution in [0.5, 0.6) is 0 Å². The highest BCUT2D eigenvalue weighted by atomic mass is 16.7. The minimum atomic E-state index is -1.54. The second kappa shape index (κ2) is 55.4. The number of carboxylic acids is 1. The summed E-state index contributed by atoms with van der Waals surface area (Å²) in [5, 5.41) is 9.70. The molecule has 0 spiro atoms. The van der Waals surface area contributed by atoms with E-state index in [4.69, 9.17) is 18.9 Å². The van der Waals surface area contributed by atoms with Gasteiger partial charge in [-0.05, 0) is 116 Å². The zero-order valence-electron chi connectivity index (χ0n) is 47.9. The number of aliphatic carboxylic acids is 1. The fourth-order valence-corrected chi connectivity index (χ4v) is 7.14. The predicted octanol–water partition coefficient (Wildman–Crippen LogP) is 17.2. The number of nitrogens with zero attached hydrogens (tertiary/aromatic N) is 1. The molecule has 0 aliphatic heterocycles. The van der Waals surface area contributed by atoms with Crippen LogP contribution in [0, 0.1) is 0 Å². The molecule has 75 heavy (non-hydrogen) atoms. The van der Waals surface area contributed by atoms with E-state index in [1.165, 1.54) is 38.5 Å². The number of quaternary nitrogens is 1. The first-order chi connectivity index (χ1) is 36.6. The highest BCUT2D eigenvalue weighted by Gasteiger charge is 2.25. The quantitative estimate of drug-likeness (QED) is 0.0211. The van der Waals surface area contributed by atoms with Gasteiger partial charge in [0.25, 0.3) is 6.29 Å². The zero-order chi connectivity index (χ0) is 54.8. The molecule has 0 aromatic carbocycles. The summed E-state index contributed by atoms with van der Waals surface area (Å²) < 4.78 is 22.8. The number of carboxylic acid groups (broad SMARTS) is 1. The van der Waals surface area contributed by atoms with Crippen molar-refractivity contribution in [3.05, 3.63) is 146 Å². The number of ether oxygens (including phenoxy) is 4. The molecule has 0 aliphatic carbocycles. The van der Waals surface area contributed by atoms with Gasteiger partial charge in [0.1, 0.15) is 13.2 Å². The fourth-order valence-electron chi connectivity index (χ4n) is 7.14. The molecule has 0 fully saturated rings. The van der Waals surface area contributed by atoms with Crippen LogP contribution in [0.15, 0.2) is 146 Å². The van der Waals surface area contributed by atoms with Crippen LogP contribution in [0.1, 0.15) is 194 Å². The molecule has 0 heterocycles. The van der Waals surface area contributed by atoms with Crippen molar-refractivity contribution in [1.82, 2.24) is 0 Å². The molecular weight excluding hydrogens is 935 g/mol.